The van der Waals surface area contributed by atoms with Crippen LogP contribution in [0.1, 0.15) is 31.2 Å². The number of carbonyl (C=O) groups is 2. The number of hydrogen-bond donors (Lipinski definition) is 1. The first-order valence-electron chi connectivity index (χ1n) is 9.78. The van der Waals surface area contributed by atoms with Crippen LogP contribution in [-0.2, 0) is 16.1 Å². The van der Waals surface area contributed by atoms with Crippen LogP contribution in [-0.4, -0.2) is 35.8 Å². The van der Waals surface area contributed by atoms with E-state index >= 15 is 0 Å². The summed E-state index contributed by atoms with van der Waals surface area (Å²) in [6.45, 7) is 1.41. The zero-order chi connectivity index (χ0) is 19.5. The van der Waals surface area contributed by atoms with Gasteiger partial charge in [0.25, 0.3) is 0 Å². The maximum absolute atomic E-state index is 14.0. The molecule has 0 unspecified atom stereocenters. The van der Waals surface area contributed by atoms with Crippen LogP contribution < -0.4 is 10.2 Å². The summed E-state index contributed by atoms with van der Waals surface area (Å²) < 4.78 is 14.0. The number of carbonyl (C=O) groups excluding carboxylic acids is 2. The average Bonchev–Trinajstić information content (AvgIpc) is 3.45. The lowest BCUT2D eigenvalue weighted by molar-refractivity contribution is -0.118. The third-order valence-electron chi connectivity index (χ3n) is 5.28. The summed E-state index contributed by atoms with van der Waals surface area (Å²) in [5.41, 5.74) is 2.17. The van der Waals surface area contributed by atoms with Gasteiger partial charge >= 0.3 is 0 Å². The molecular formula is C22H24FN3O2. The summed E-state index contributed by atoms with van der Waals surface area (Å²) in [7, 11) is 0. The average molecular weight is 381 g/mol. The van der Waals surface area contributed by atoms with E-state index in [1.165, 1.54) is 6.07 Å². The van der Waals surface area contributed by atoms with Gasteiger partial charge in [0.05, 0.1) is 6.54 Å². The van der Waals surface area contributed by atoms with E-state index in [2.05, 4.69) is 5.32 Å². The monoisotopic (exact) mass is 381 g/mol. The lowest BCUT2D eigenvalue weighted by Gasteiger charge is -2.22. The molecule has 6 heteroatoms. The second kappa shape index (κ2) is 8.10. The molecule has 1 aliphatic carbocycles. The molecular weight excluding hydrogens is 357 g/mol. The van der Waals surface area contributed by atoms with Gasteiger partial charge in [-0.2, -0.15) is 0 Å². The number of benzene rings is 2. The molecule has 2 aliphatic rings. The minimum absolute atomic E-state index is 0.117. The molecule has 2 amide bonds. The Hall–Kier alpha value is -2.73. The summed E-state index contributed by atoms with van der Waals surface area (Å²) in [4.78, 5) is 28.1. The van der Waals surface area contributed by atoms with E-state index in [9.17, 15) is 14.0 Å². The molecule has 5 nitrogen and oxygen atoms in total. The van der Waals surface area contributed by atoms with Crippen molar-refractivity contribution < 1.29 is 14.0 Å². The SMILES string of the molecule is O=C(CN(Cc1ccccc1F)C1CC1)Nc1ccc(N2CCCC2=O)cc1. The molecule has 28 heavy (non-hydrogen) atoms. The number of nitrogens with one attached hydrogen (secondary N) is 1. The minimum Gasteiger partial charge on any atom is -0.325 e. The lowest BCUT2D eigenvalue weighted by atomic mass is 10.2. The van der Waals surface area contributed by atoms with Crippen molar-refractivity contribution in [3.63, 3.8) is 0 Å². The van der Waals surface area contributed by atoms with Crippen molar-refractivity contribution in [2.45, 2.75) is 38.3 Å². The van der Waals surface area contributed by atoms with Gasteiger partial charge in [-0.05, 0) is 49.6 Å². The molecule has 1 saturated carbocycles. The molecule has 1 saturated heterocycles. The second-order valence-electron chi connectivity index (χ2n) is 7.47. The Morgan fingerprint density at radius 3 is 2.54 bits per heavy atom. The molecule has 2 aromatic rings. The Morgan fingerprint density at radius 2 is 1.89 bits per heavy atom. The summed E-state index contributed by atoms with van der Waals surface area (Å²) in [6.07, 6.45) is 3.56. The van der Waals surface area contributed by atoms with E-state index in [1.807, 2.05) is 35.2 Å². The van der Waals surface area contributed by atoms with E-state index in [4.69, 9.17) is 0 Å². The van der Waals surface area contributed by atoms with Gasteiger partial charge in [0.1, 0.15) is 5.82 Å². The molecule has 146 valence electrons. The predicted octanol–water partition coefficient (Wildman–Crippen LogP) is 3.56. The van der Waals surface area contributed by atoms with Gasteiger partial charge in [0, 0.05) is 42.5 Å². The van der Waals surface area contributed by atoms with Crippen molar-refractivity contribution in [1.82, 2.24) is 4.90 Å². The highest BCUT2D eigenvalue weighted by molar-refractivity contribution is 5.96. The van der Waals surface area contributed by atoms with Gasteiger partial charge in [0.15, 0.2) is 0 Å². The number of rotatable bonds is 7. The first-order chi connectivity index (χ1) is 13.6. The van der Waals surface area contributed by atoms with Crippen molar-refractivity contribution in [1.29, 1.82) is 0 Å². The van der Waals surface area contributed by atoms with Crippen molar-refractivity contribution in [3.05, 3.63) is 59.9 Å². The maximum atomic E-state index is 14.0. The normalized spacial score (nSPS) is 16.6. The number of anilines is 2. The van der Waals surface area contributed by atoms with E-state index < -0.39 is 0 Å². The zero-order valence-electron chi connectivity index (χ0n) is 15.7. The van der Waals surface area contributed by atoms with Crippen LogP contribution in [0.5, 0.6) is 0 Å². The topological polar surface area (TPSA) is 52.7 Å². The van der Waals surface area contributed by atoms with Crippen molar-refractivity contribution in [2.75, 3.05) is 23.3 Å². The molecule has 0 spiro atoms. The standard InChI is InChI=1S/C22H24FN3O2/c23-20-5-2-1-4-16(20)14-25(18-11-12-18)15-21(27)24-17-7-9-19(10-8-17)26-13-3-6-22(26)28/h1-2,4-5,7-10,18H,3,6,11-15H2,(H,24,27). The number of halogens is 1. The van der Waals surface area contributed by atoms with Crippen LogP contribution >= 0.6 is 0 Å². The third kappa shape index (κ3) is 4.39. The van der Waals surface area contributed by atoms with E-state index in [1.54, 1.807) is 17.0 Å². The van der Waals surface area contributed by atoms with Crippen molar-refractivity contribution in [3.8, 4) is 0 Å². The number of hydrogen-bond acceptors (Lipinski definition) is 3. The fourth-order valence-corrected chi connectivity index (χ4v) is 3.63. The molecule has 1 heterocycles. The Bertz CT molecular complexity index is 864. The molecule has 4 rings (SSSR count). The smallest absolute Gasteiger partial charge is 0.238 e. The molecule has 1 aliphatic heterocycles. The summed E-state index contributed by atoms with van der Waals surface area (Å²) in [5.74, 6) is -0.209. The number of amides is 2. The van der Waals surface area contributed by atoms with Crippen LogP contribution in [0.25, 0.3) is 0 Å². The highest BCUT2D eigenvalue weighted by atomic mass is 19.1. The van der Waals surface area contributed by atoms with Crippen LogP contribution in [0.3, 0.4) is 0 Å². The third-order valence-corrected chi connectivity index (χ3v) is 5.28. The van der Waals surface area contributed by atoms with Crippen LogP contribution in [0, 0.1) is 5.82 Å². The van der Waals surface area contributed by atoms with Gasteiger partial charge in [-0.3, -0.25) is 14.5 Å². The van der Waals surface area contributed by atoms with E-state index in [-0.39, 0.29) is 24.2 Å². The van der Waals surface area contributed by atoms with Gasteiger partial charge in [-0.1, -0.05) is 18.2 Å². The molecule has 0 radical (unpaired) electrons. The molecule has 1 N–H and O–H groups in total. The lowest BCUT2D eigenvalue weighted by Crippen LogP contribution is -2.34. The zero-order valence-corrected chi connectivity index (χ0v) is 15.7. The van der Waals surface area contributed by atoms with Crippen LogP contribution in [0.15, 0.2) is 48.5 Å². The minimum atomic E-state index is -0.236. The maximum Gasteiger partial charge on any atom is 0.238 e. The van der Waals surface area contributed by atoms with E-state index in [0.29, 0.717) is 30.3 Å². The molecule has 0 bridgehead atoms. The van der Waals surface area contributed by atoms with Gasteiger partial charge in [-0.15, -0.1) is 0 Å². The molecule has 0 atom stereocenters. The Kier molecular flexibility index (Phi) is 5.39. The predicted molar refractivity (Wildman–Crippen MR) is 106 cm³/mol. The van der Waals surface area contributed by atoms with Crippen LogP contribution in [0.4, 0.5) is 15.8 Å². The van der Waals surface area contributed by atoms with Gasteiger partial charge in [-0.25, -0.2) is 4.39 Å². The fourth-order valence-electron chi connectivity index (χ4n) is 3.63. The van der Waals surface area contributed by atoms with Crippen molar-refractivity contribution in [2.24, 2.45) is 0 Å². The Morgan fingerprint density at radius 1 is 1.14 bits per heavy atom. The molecule has 2 fully saturated rings. The first-order valence-corrected chi connectivity index (χ1v) is 9.78. The fraction of sp³-hybridized carbons (Fsp3) is 0.364. The highest BCUT2D eigenvalue weighted by Gasteiger charge is 2.30. The first kappa shape index (κ1) is 18.6. The van der Waals surface area contributed by atoms with E-state index in [0.717, 1.165) is 31.5 Å². The molecule has 2 aromatic carbocycles. The summed E-state index contributed by atoms with van der Waals surface area (Å²) >= 11 is 0. The summed E-state index contributed by atoms with van der Waals surface area (Å²) in [6, 6.07) is 14.4. The highest BCUT2D eigenvalue weighted by Crippen LogP contribution is 2.29. The Balaban J connectivity index is 1.36. The van der Waals surface area contributed by atoms with Gasteiger partial charge in [0.2, 0.25) is 11.8 Å². The quantitative estimate of drug-likeness (QED) is 0.798. The summed E-state index contributed by atoms with van der Waals surface area (Å²) in [5, 5.41) is 2.91. The second-order valence-corrected chi connectivity index (χ2v) is 7.47. The number of nitrogens with zero attached hydrogens (tertiary/aromatic N) is 2. The largest absolute Gasteiger partial charge is 0.325 e. The Labute approximate surface area is 164 Å². The van der Waals surface area contributed by atoms with Gasteiger partial charge < -0.3 is 10.2 Å². The van der Waals surface area contributed by atoms with Crippen molar-refractivity contribution >= 4 is 23.2 Å². The van der Waals surface area contributed by atoms with Crippen LogP contribution in [0.2, 0.25) is 0 Å². The molecule has 0 aromatic heterocycles.